The number of aromatic nitrogens is 3. The van der Waals surface area contributed by atoms with Crippen LogP contribution in [0.4, 0.5) is 20.3 Å². The molecule has 7 nitrogen and oxygen atoms in total. The Balaban J connectivity index is 1.41. The van der Waals surface area contributed by atoms with E-state index >= 15 is 0 Å². The van der Waals surface area contributed by atoms with Gasteiger partial charge in [0.05, 0.1) is 37.1 Å². The van der Waals surface area contributed by atoms with Gasteiger partial charge in [-0.1, -0.05) is 12.1 Å². The average molecular weight is 424 g/mol. The second-order valence-electron chi connectivity index (χ2n) is 7.70. The molecular weight excluding hydrogens is 402 g/mol. The van der Waals surface area contributed by atoms with Crippen molar-refractivity contribution in [1.29, 1.82) is 0 Å². The van der Waals surface area contributed by atoms with Crippen molar-refractivity contribution >= 4 is 22.5 Å². The molecule has 0 spiro atoms. The topological polar surface area (TPSA) is 75.2 Å². The van der Waals surface area contributed by atoms with Crippen molar-refractivity contribution in [1.82, 2.24) is 20.3 Å². The van der Waals surface area contributed by atoms with Crippen molar-refractivity contribution in [3.05, 3.63) is 55.2 Å². The molecule has 2 aliphatic rings. The van der Waals surface area contributed by atoms with E-state index in [1.165, 1.54) is 0 Å². The molecule has 0 amide bonds. The summed E-state index contributed by atoms with van der Waals surface area (Å²) in [6.07, 6.45) is 6.55. The van der Waals surface area contributed by atoms with E-state index in [0.29, 0.717) is 31.0 Å². The van der Waals surface area contributed by atoms with Crippen molar-refractivity contribution < 1.29 is 13.5 Å². The number of hydrogen-bond acceptors (Lipinski definition) is 7. The van der Waals surface area contributed by atoms with Crippen molar-refractivity contribution in [2.45, 2.75) is 18.4 Å². The lowest BCUT2D eigenvalue weighted by molar-refractivity contribution is 0.0257. The maximum atomic E-state index is 13.5. The number of halogens is 2. The zero-order valence-electron chi connectivity index (χ0n) is 16.8. The van der Waals surface area contributed by atoms with Crippen LogP contribution in [-0.4, -0.2) is 53.2 Å². The van der Waals surface area contributed by atoms with Crippen molar-refractivity contribution in [2.75, 3.05) is 36.4 Å². The molecule has 0 aliphatic carbocycles. The summed E-state index contributed by atoms with van der Waals surface area (Å²) < 4.78 is 32.6. The summed E-state index contributed by atoms with van der Waals surface area (Å²) in [6.45, 7) is 1.38. The Morgan fingerprint density at radius 1 is 1.19 bits per heavy atom. The van der Waals surface area contributed by atoms with Crippen LogP contribution in [0, 0.1) is 0 Å². The zero-order valence-corrected chi connectivity index (χ0v) is 16.8. The van der Waals surface area contributed by atoms with Gasteiger partial charge in [-0.05, 0) is 18.2 Å². The van der Waals surface area contributed by atoms with Gasteiger partial charge in [-0.3, -0.25) is 4.98 Å². The van der Waals surface area contributed by atoms with Crippen molar-refractivity contribution in [3.8, 4) is 11.3 Å². The van der Waals surface area contributed by atoms with Gasteiger partial charge < -0.3 is 20.3 Å². The number of rotatable bonds is 5. The Bertz CT molecular complexity index is 1100. The van der Waals surface area contributed by atoms with Crippen LogP contribution in [0.25, 0.3) is 22.3 Å². The molecule has 9 heteroatoms. The van der Waals surface area contributed by atoms with Crippen LogP contribution < -0.4 is 15.5 Å². The van der Waals surface area contributed by atoms with E-state index in [1.807, 2.05) is 30.3 Å². The normalized spacial score (nSPS) is 19.8. The molecule has 31 heavy (non-hydrogen) atoms. The molecule has 2 aromatic heterocycles. The van der Waals surface area contributed by atoms with E-state index in [0.717, 1.165) is 22.5 Å². The molecule has 160 valence electrons. The molecule has 1 aromatic carbocycles. The van der Waals surface area contributed by atoms with E-state index in [2.05, 4.69) is 20.6 Å². The molecule has 1 fully saturated rings. The first-order chi connectivity index (χ1) is 15.1. The minimum absolute atomic E-state index is 0.0277. The summed E-state index contributed by atoms with van der Waals surface area (Å²) in [4.78, 5) is 15.3. The van der Waals surface area contributed by atoms with Crippen LogP contribution >= 0.6 is 0 Å². The fourth-order valence-electron chi connectivity index (χ4n) is 3.82. The summed E-state index contributed by atoms with van der Waals surface area (Å²) >= 11 is 0. The number of nitrogens with zero attached hydrogens (tertiary/aromatic N) is 4. The number of nitrogens with one attached hydrogen (secondary N) is 2. The largest absolute Gasteiger partial charge is 0.493 e. The smallest absolute Gasteiger partial charge is 0.266 e. The van der Waals surface area contributed by atoms with Gasteiger partial charge >= 0.3 is 0 Å². The highest BCUT2D eigenvalue weighted by molar-refractivity contribution is 5.88. The first kappa shape index (κ1) is 19.5. The predicted molar refractivity (Wildman–Crippen MR) is 115 cm³/mol. The van der Waals surface area contributed by atoms with Crippen LogP contribution in [0.2, 0.25) is 0 Å². The van der Waals surface area contributed by atoms with Crippen LogP contribution in [-0.2, 0) is 4.74 Å². The van der Waals surface area contributed by atoms with Crippen molar-refractivity contribution in [2.24, 2.45) is 0 Å². The highest BCUT2D eigenvalue weighted by atomic mass is 19.3. The number of ether oxygens (including phenoxy) is 1. The summed E-state index contributed by atoms with van der Waals surface area (Å²) in [5.41, 5.74) is 3.80. The third-order valence-corrected chi connectivity index (χ3v) is 5.45. The fourth-order valence-corrected chi connectivity index (χ4v) is 3.82. The molecule has 0 bridgehead atoms. The molecule has 0 saturated carbocycles. The number of fused-ring (bicyclic) bond motifs is 1. The molecular formula is C22H22F2N6O. The Morgan fingerprint density at radius 2 is 2.03 bits per heavy atom. The number of pyridine rings is 1. The number of benzene rings is 1. The minimum Gasteiger partial charge on any atom is -0.493 e. The van der Waals surface area contributed by atoms with Gasteiger partial charge in [-0.25, -0.2) is 18.7 Å². The molecule has 1 saturated heterocycles. The molecule has 2 aliphatic heterocycles. The highest BCUT2D eigenvalue weighted by Gasteiger charge is 2.38. The lowest BCUT2D eigenvalue weighted by Crippen LogP contribution is -2.34. The quantitative estimate of drug-likeness (QED) is 0.650. The first-order valence-corrected chi connectivity index (χ1v) is 10.2. The molecule has 2 N–H and O–H groups in total. The maximum absolute atomic E-state index is 13.5. The molecule has 1 atom stereocenters. The second kappa shape index (κ2) is 7.98. The Morgan fingerprint density at radius 3 is 2.77 bits per heavy atom. The van der Waals surface area contributed by atoms with Gasteiger partial charge in [-0.15, -0.1) is 0 Å². The van der Waals surface area contributed by atoms with Gasteiger partial charge in [0.1, 0.15) is 11.6 Å². The monoisotopic (exact) mass is 424 g/mol. The predicted octanol–water partition coefficient (Wildman–Crippen LogP) is 3.41. The zero-order chi connectivity index (χ0) is 21.3. The first-order valence-electron chi connectivity index (χ1n) is 10.2. The van der Waals surface area contributed by atoms with Crippen LogP contribution in [0.15, 0.2) is 55.2 Å². The van der Waals surface area contributed by atoms with Crippen molar-refractivity contribution in [3.63, 3.8) is 0 Å². The number of anilines is 2. The van der Waals surface area contributed by atoms with E-state index in [1.54, 1.807) is 29.8 Å². The van der Waals surface area contributed by atoms with Crippen LogP contribution in [0.3, 0.4) is 0 Å². The Kier molecular flexibility index (Phi) is 5.01. The fraction of sp³-hybridized carbons (Fsp3) is 0.318. The van der Waals surface area contributed by atoms with Crippen LogP contribution in [0.5, 0.6) is 0 Å². The van der Waals surface area contributed by atoms with Gasteiger partial charge in [0.2, 0.25) is 0 Å². The van der Waals surface area contributed by atoms with E-state index in [-0.39, 0.29) is 19.1 Å². The summed E-state index contributed by atoms with van der Waals surface area (Å²) in [5, 5.41) is 6.46. The molecule has 3 aromatic rings. The molecule has 4 heterocycles. The number of hydrogen-bond donors (Lipinski definition) is 2. The van der Waals surface area contributed by atoms with E-state index in [9.17, 15) is 8.78 Å². The highest BCUT2D eigenvalue weighted by Crippen LogP contribution is 2.32. The summed E-state index contributed by atoms with van der Waals surface area (Å²) in [7, 11) is 0. The summed E-state index contributed by atoms with van der Waals surface area (Å²) in [6, 6.07) is 9.41. The number of alkyl halides is 2. The summed E-state index contributed by atoms with van der Waals surface area (Å²) in [5.74, 6) is -1.99. The van der Waals surface area contributed by atoms with E-state index < -0.39 is 5.92 Å². The lowest BCUT2D eigenvalue weighted by Gasteiger charge is -2.21. The van der Waals surface area contributed by atoms with Gasteiger partial charge in [0.25, 0.3) is 5.92 Å². The molecule has 5 rings (SSSR count). The third-order valence-electron chi connectivity index (χ3n) is 5.45. The molecule has 0 radical (unpaired) electrons. The SMILES string of the molecule is FC1(F)CCN(c2ccc(-c3cc4nccnc4c(NC[C@@H]4CNC=CO4)n3)cc2)C1. The van der Waals surface area contributed by atoms with Gasteiger partial charge in [0, 0.05) is 42.8 Å². The Hall–Kier alpha value is -3.49. The van der Waals surface area contributed by atoms with Gasteiger partial charge in [0.15, 0.2) is 5.82 Å². The second-order valence-corrected chi connectivity index (χ2v) is 7.70. The van der Waals surface area contributed by atoms with E-state index in [4.69, 9.17) is 9.72 Å². The third kappa shape index (κ3) is 4.21. The average Bonchev–Trinajstić information content (AvgIpc) is 3.17. The van der Waals surface area contributed by atoms with Crippen LogP contribution in [0.1, 0.15) is 6.42 Å². The molecule has 0 unspecified atom stereocenters. The standard InChI is InChI=1S/C22H22F2N6O/c23-22(24)5-9-30(14-22)16-3-1-15(2-4-16)18-11-19-20(27-7-6-26-19)21(29-18)28-13-17-12-25-8-10-31-17/h1-4,6-8,10-11,17,25H,5,9,12-14H2,(H,28,29)/t17-/m0/s1. The minimum atomic E-state index is -2.62. The van der Waals surface area contributed by atoms with Gasteiger partial charge in [-0.2, -0.15) is 0 Å². The Labute approximate surface area is 178 Å². The lowest BCUT2D eigenvalue weighted by atomic mass is 10.1. The maximum Gasteiger partial charge on any atom is 0.266 e.